The number of fused-ring (bicyclic) bond motifs is 1. The smallest absolute Gasteiger partial charge is 0.292 e. The van der Waals surface area contributed by atoms with Gasteiger partial charge in [-0.05, 0) is 48.6 Å². The Balaban J connectivity index is 1.68. The van der Waals surface area contributed by atoms with E-state index >= 15 is 0 Å². The molecule has 2 heterocycles. The number of rotatable bonds is 3. The molecule has 136 valence electrons. The lowest BCUT2D eigenvalue weighted by Gasteiger charge is -2.36. The second kappa shape index (κ2) is 6.59. The van der Waals surface area contributed by atoms with Gasteiger partial charge in [0.05, 0.1) is 5.54 Å². The molecule has 2 aromatic rings. The van der Waals surface area contributed by atoms with Crippen LogP contribution in [0.15, 0.2) is 33.9 Å². The Bertz CT molecular complexity index is 903. The summed E-state index contributed by atoms with van der Waals surface area (Å²) in [6, 6.07) is 4.49. The highest BCUT2D eigenvalue weighted by Gasteiger charge is 2.48. The molecular weight excluding hydrogens is 379 g/mol. The molecule has 4 rings (SSSR count). The molecule has 1 fully saturated rings. The van der Waals surface area contributed by atoms with Gasteiger partial charge in [0, 0.05) is 17.0 Å². The minimum absolute atomic E-state index is 0.0501. The van der Waals surface area contributed by atoms with E-state index in [-0.39, 0.29) is 22.8 Å². The van der Waals surface area contributed by atoms with Crippen molar-refractivity contribution in [2.45, 2.75) is 24.8 Å². The van der Waals surface area contributed by atoms with Crippen molar-refractivity contribution >= 4 is 40.1 Å². The van der Waals surface area contributed by atoms with Crippen LogP contribution in [0.5, 0.6) is 0 Å². The quantitative estimate of drug-likeness (QED) is 0.826. The first-order chi connectivity index (χ1) is 12.5. The Hall–Kier alpha value is -2.06. The molecule has 9 heteroatoms. The lowest BCUT2D eigenvalue weighted by molar-refractivity contribution is 0.102. The summed E-state index contributed by atoms with van der Waals surface area (Å²) < 4.78 is 19.5. The largest absolute Gasteiger partial charge is 0.435 e. The van der Waals surface area contributed by atoms with Crippen molar-refractivity contribution in [3.63, 3.8) is 0 Å². The number of carbonyl (C=O) groups is 1. The maximum Gasteiger partial charge on any atom is 0.292 e. The Morgan fingerprint density at radius 3 is 3.12 bits per heavy atom. The molecule has 6 nitrogen and oxygen atoms in total. The van der Waals surface area contributed by atoms with E-state index in [1.807, 2.05) is 0 Å². The first kappa shape index (κ1) is 17.4. The number of amides is 1. The van der Waals surface area contributed by atoms with Crippen molar-refractivity contribution in [2.24, 2.45) is 16.6 Å². The average molecular weight is 395 g/mol. The number of hydrogen-bond donors (Lipinski definition) is 2. The van der Waals surface area contributed by atoms with Gasteiger partial charge in [0.25, 0.3) is 11.3 Å². The van der Waals surface area contributed by atoms with E-state index in [9.17, 15) is 9.18 Å². The number of nitrogens with zero attached hydrogens (tertiary/aromatic N) is 2. The summed E-state index contributed by atoms with van der Waals surface area (Å²) in [6.45, 7) is 0. The predicted octanol–water partition coefficient (Wildman–Crippen LogP) is 3.78. The fourth-order valence-corrected chi connectivity index (χ4v) is 4.92. The number of halogens is 2. The molecule has 2 aliphatic rings. The van der Waals surface area contributed by atoms with Crippen molar-refractivity contribution in [3.8, 4) is 0 Å². The van der Waals surface area contributed by atoms with Gasteiger partial charge in [-0.25, -0.2) is 4.39 Å². The maximum atomic E-state index is 14.7. The summed E-state index contributed by atoms with van der Waals surface area (Å²) in [7, 11) is 0. The van der Waals surface area contributed by atoms with Crippen LogP contribution in [0.1, 0.15) is 35.3 Å². The Kier molecular flexibility index (Phi) is 4.40. The number of amidine groups is 1. The number of nitrogens with one attached hydrogen (secondary N) is 1. The highest BCUT2D eigenvalue weighted by molar-refractivity contribution is 8.13. The van der Waals surface area contributed by atoms with Crippen LogP contribution in [0.4, 0.5) is 10.1 Å². The average Bonchev–Trinajstić information content (AvgIpc) is 3.23. The van der Waals surface area contributed by atoms with Crippen LogP contribution in [-0.2, 0) is 5.54 Å². The number of thioether (sulfide) groups is 1. The number of benzene rings is 1. The Morgan fingerprint density at radius 1 is 1.50 bits per heavy atom. The molecule has 26 heavy (non-hydrogen) atoms. The van der Waals surface area contributed by atoms with Crippen molar-refractivity contribution in [3.05, 3.63) is 46.9 Å². The van der Waals surface area contributed by atoms with Crippen molar-refractivity contribution in [1.82, 2.24) is 4.98 Å². The molecule has 1 aromatic carbocycles. The SMILES string of the molecule is NC1=NC2(c3cc(NC(=O)c4coc(Cl)n4)ccc3F)CCCC2CS1. The van der Waals surface area contributed by atoms with E-state index in [2.05, 4.69) is 15.3 Å². The lowest BCUT2D eigenvalue weighted by Crippen LogP contribution is -2.37. The third kappa shape index (κ3) is 2.97. The molecule has 0 spiro atoms. The van der Waals surface area contributed by atoms with E-state index in [0.29, 0.717) is 16.4 Å². The molecule has 1 aromatic heterocycles. The van der Waals surface area contributed by atoms with Gasteiger partial charge in [-0.1, -0.05) is 18.2 Å². The molecule has 2 unspecified atom stereocenters. The fraction of sp³-hybridized carbons (Fsp3) is 0.353. The topological polar surface area (TPSA) is 93.5 Å². The van der Waals surface area contributed by atoms with Crippen LogP contribution in [-0.4, -0.2) is 21.8 Å². The molecule has 0 saturated heterocycles. The van der Waals surface area contributed by atoms with Gasteiger partial charge >= 0.3 is 0 Å². The highest BCUT2D eigenvalue weighted by Crippen LogP contribution is 2.51. The number of carbonyl (C=O) groups excluding carboxylic acids is 1. The maximum absolute atomic E-state index is 14.7. The molecule has 3 N–H and O–H groups in total. The summed E-state index contributed by atoms with van der Waals surface area (Å²) >= 11 is 7.11. The van der Waals surface area contributed by atoms with Crippen LogP contribution < -0.4 is 11.1 Å². The number of aliphatic imine (C=N–C) groups is 1. The van der Waals surface area contributed by atoms with E-state index in [4.69, 9.17) is 21.8 Å². The van der Waals surface area contributed by atoms with Crippen molar-refractivity contribution in [1.29, 1.82) is 0 Å². The molecule has 1 aliphatic heterocycles. The van der Waals surface area contributed by atoms with Crippen LogP contribution >= 0.6 is 23.4 Å². The summed E-state index contributed by atoms with van der Waals surface area (Å²) in [5.41, 5.74) is 6.27. The number of anilines is 1. The number of aromatic nitrogens is 1. The van der Waals surface area contributed by atoms with Gasteiger partial charge in [-0.3, -0.25) is 9.79 Å². The van der Waals surface area contributed by atoms with Gasteiger partial charge in [-0.15, -0.1) is 0 Å². The molecule has 1 aliphatic carbocycles. The van der Waals surface area contributed by atoms with Crippen molar-refractivity contribution in [2.75, 3.05) is 11.1 Å². The van der Waals surface area contributed by atoms with Crippen LogP contribution in [0.25, 0.3) is 0 Å². The van der Waals surface area contributed by atoms with Crippen LogP contribution in [0, 0.1) is 11.7 Å². The highest BCUT2D eigenvalue weighted by atomic mass is 35.5. The summed E-state index contributed by atoms with van der Waals surface area (Å²) in [4.78, 5) is 20.7. The van der Waals surface area contributed by atoms with Crippen LogP contribution in [0.3, 0.4) is 0 Å². The van der Waals surface area contributed by atoms with E-state index < -0.39 is 11.4 Å². The Labute approximate surface area is 158 Å². The third-order valence-electron chi connectivity index (χ3n) is 4.93. The first-order valence-electron chi connectivity index (χ1n) is 8.18. The lowest BCUT2D eigenvalue weighted by atomic mass is 9.81. The minimum Gasteiger partial charge on any atom is -0.435 e. The van der Waals surface area contributed by atoms with E-state index in [0.717, 1.165) is 31.3 Å². The van der Waals surface area contributed by atoms with Gasteiger partial charge in [0.15, 0.2) is 10.9 Å². The van der Waals surface area contributed by atoms with Crippen LogP contribution in [0.2, 0.25) is 5.35 Å². The van der Waals surface area contributed by atoms with Crippen molar-refractivity contribution < 1.29 is 13.6 Å². The zero-order chi connectivity index (χ0) is 18.3. The molecule has 2 atom stereocenters. The summed E-state index contributed by atoms with van der Waals surface area (Å²) in [5.74, 6) is 0.223. The van der Waals surface area contributed by atoms with Gasteiger partial charge in [-0.2, -0.15) is 4.98 Å². The predicted molar refractivity (Wildman–Crippen MR) is 99.0 cm³/mol. The van der Waals surface area contributed by atoms with Gasteiger partial charge in [0.2, 0.25) is 0 Å². The zero-order valence-corrected chi connectivity index (χ0v) is 15.2. The molecule has 1 amide bonds. The third-order valence-corrected chi connectivity index (χ3v) is 6.06. The molecule has 1 saturated carbocycles. The zero-order valence-electron chi connectivity index (χ0n) is 13.7. The summed E-state index contributed by atoms with van der Waals surface area (Å²) in [5, 5.41) is 3.06. The molecule has 0 bridgehead atoms. The number of hydrogen-bond acceptors (Lipinski definition) is 6. The molecule has 0 radical (unpaired) electrons. The monoisotopic (exact) mass is 394 g/mol. The normalized spacial score (nSPS) is 24.8. The second-order valence-electron chi connectivity index (χ2n) is 6.41. The van der Waals surface area contributed by atoms with Gasteiger partial charge in [0.1, 0.15) is 12.1 Å². The fourth-order valence-electron chi connectivity index (χ4n) is 3.75. The molecular formula is C17H16ClFN4O2S. The Morgan fingerprint density at radius 2 is 2.35 bits per heavy atom. The first-order valence-corrected chi connectivity index (χ1v) is 9.55. The minimum atomic E-state index is -0.655. The number of nitrogens with two attached hydrogens (primary N) is 1. The van der Waals surface area contributed by atoms with Gasteiger partial charge < -0.3 is 15.5 Å². The number of oxazole rings is 1. The second-order valence-corrected chi connectivity index (χ2v) is 7.77. The summed E-state index contributed by atoms with van der Waals surface area (Å²) in [6.07, 6.45) is 3.86. The standard InChI is InChI=1S/C17H16ClFN4O2S/c18-15-22-13(7-25-15)14(24)21-10-3-4-12(19)11(6-10)17-5-1-2-9(17)8-26-16(20)23-17/h3-4,6-7,9H,1-2,5,8H2,(H2,20,23)(H,21,24). The van der Waals surface area contributed by atoms with E-state index in [1.54, 1.807) is 6.07 Å². The van der Waals surface area contributed by atoms with E-state index in [1.165, 1.54) is 23.9 Å².